The van der Waals surface area contributed by atoms with Gasteiger partial charge in [-0.25, -0.2) is 0 Å². The molecule has 6 nitrogen and oxygen atoms in total. The summed E-state index contributed by atoms with van der Waals surface area (Å²) in [7, 11) is 0. The number of benzene rings is 2. The van der Waals surface area contributed by atoms with Gasteiger partial charge in [0, 0.05) is 35.0 Å². The number of H-pyrrole nitrogens is 1. The molecular weight excluding hydrogens is 432 g/mol. The highest BCUT2D eigenvalue weighted by atomic mass is 35.5. The Kier molecular flexibility index (Phi) is 6.15. The van der Waals surface area contributed by atoms with Crippen LogP contribution in [-0.2, 0) is 11.3 Å². The number of hydrogen-bond donors (Lipinski definition) is 1. The van der Waals surface area contributed by atoms with E-state index in [1.807, 2.05) is 42.6 Å². The average Bonchev–Trinajstić information content (AvgIpc) is 3.53. The largest absolute Gasteiger partial charge is 0.491 e. The van der Waals surface area contributed by atoms with E-state index in [1.165, 1.54) is 0 Å². The zero-order valence-electron chi connectivity index (χ0n) is 17.0. The summed E-state index contributed by atoms with van der Waals surface area (Å²) in [5.74, 6) is 2.30. The Labute approximate surface area is 189 Å². The molecule has 1 fully saturated rings. The van der Waals surface area contributed by atoms with Gasteiger partial charge in [0.1, 0.15) is 5.75 Å². The Bertz CT molecular complexity index is 1170. The van der Waals surface area contributed by atoms with E-state index >= 15 is 0 Å². The minimum atomic E-state index is 0.193. The topological polar surface area (TPSA) is 65.0 Å². The first-order valence-corrected chi connectivity index (χ1v) is 11.8. The molecule has 3 heterocycles. The van der Waals surface area contributed by atoms with Crippen molar-refractivity contribution in [3.8, 4) is 17.1 Å². The van der Waals surface area contributed by atoms with E-state index < -0.39 is 0 Å². The lowest BCUT2D eigenvalue weighted by atomic mass is 10.1. The Morgan fingerprint density at radius 2 is 2.03 bits per heavy atom. The van der Waals surface area contributed by atoms with Crippen molar-refractivity contribution in [2.45, 2.75) is 30.6 Å². The number of ether oxygens (including phenoxy) is 2. The molecule has 0 aliphatic carbocycles. The van der Waals surface area contributed by atoms with Gasteiger partial charge in [-0.2, -0.15) is 0 Å². The van der Waals surface area contributed by atoms with Crippen molar-refractivity contribution in [1.29, 1.82) is 0 Å². The number of nitrogens with one attached hydrogen (secondary N) is 1. The number of halogens is 1. The van der Waals surface area contributed by atoms with Crippen LogP contribution in [0.3, 0.4) is 0 Å². The molecule has 1 N–H and O–H groups in total. The molecule has 0 bridgehead atoms. The van der Waals surface area contributed by atoms with Gasteiger partial charge in [0.15, 0.2) is 11.0 Å². The van der Waals surface area contributed by atoms with Crippen LogP contribution in [0.25, 0.3) is 22.3 Å². The summed E-state index contributed by atoms with van der Waals surface area (Å²) in [4.78, 5) is 3.34. The highest BCUT2D eigenvalue weighted by molar-refractivity contribution is 7.99. The van der Waals surface area contributed by atoms with Gasteiger partial charge < -0.3 is 14.5 Å². The number of aromatic amines is 1. The molecule has 160 valence electrons. The predicted molar refractivity (Wildman–Crippen MR) is 124 cm³/mol. The lowest BCUT2D eigenvalue weighted by molar-refractivity contribution is 0.0953. The van der Waals surface area contributed by atoms with Gasteiger partial charge >= 0.3 is 0 Å². The van der Waals surface area contributed by atoms with E-state index in [2.05, 4.69) is 31.9 Å². The van der Waals surface area contributed by atoms with Crippen LogP contribution in [-0.4, -0.2) is 44.8 Å². The van der Waals surface area contributed by atoms with Crippen molar-refractivity contribution in [3.63, 3.8) is 0 Å². The van der Waals surface area contributed by atoms with Gasteiger partial charge in [0.25, 0.3) is 0 Å². The number of nitrogens with zero attached hydrogens (tertiary/aromatic N) is 3. The maximum atomic E-state index is 6.17. The molecule has 1 aliphatic heterocycles. The van der Waals surface area contributed by atoms with Crippen LogP contribution in [0.15, 0.2) is 59.9 Å². The molecule has 5 rings (SSSR count). The van der Waals surface area contributed by atoms with Crippen molar-refractivity contribution in [1.82, 2.24) is 19.7 Å². The molecule has 0 radical (unpaired) electrons. The van der Waals surface area contributed by atoms with Crippen molar-refractivity contribution in [2.24, 2.45) is 0 Å². The molecule has 1 unspecified atom stereocenters. The summed E-state index contributed by atoms with van der Waals surface area (Å²) in [6.07, 6.45) is 4.36. The van der Waals surface area contributed by atoms with Crippen molar-refractivity contribution < 1.29 is 9.47 Å². The van der Waals surface area contributed by atoms with Gasteiger partial charge in [-0.1, -0.05) is 53.7 Å². The Hall–Kier alpha value is -2.48. The minimum absolute atomic E-state index is 0.193. The third kappa shape index (κ3) is 4.44. The fraction of sp³-hybridized carbons (Fsp3) is 0.304. The summed E-state index contributed by atoms with van der Waals surface area (Å²) in [6.45, 7) is 2.10. The second-order valence-electron chi connectivity index (χ2n) is 7.43. The molecule has 0 saturated carbocycles. The highest BCUT2D eigenvalue weighted by Crippen LogP contribution is 2.31. The molecule has 0 spiro atoms. The van der Waals surface area contributed by atoms with Crippen molar-refractivity contribution in [2.75, 3.05) is 19.0 Å². The molecule has 2 aromatic heterocycles. The van der Waals surface area contributed by atoms with E-state index in [1.54, 1.807) is 11.8 Å². The number of hydrogen-bond acceptors (Lipinski definition) is 5. The zero-order valence-corrected chi connectivity index (χ0v) is 18.5. The molecule has 4 aromatic rings. The van der Waals surface area contributed by atoms with Gasteiger partial charge in [0.05, 0.1) is 24.3 Å². The Morgan fingerprint density at radius 3 is 2.90 bits per heavy atom. The summed E-state index contributed by atoms with van der Waals surface area (Å²) < 4.78 is 13.9. The molecule has 0 amide bonds. The number of para-hydroxylation sites is 2. The third-order valence-electron chi connectivity index (χ3n) is 5.37. The highest BCUT2D eigenvalue weighted by Gasteiger charge is 2.23. The van der Waals surface area contributed by atoms with E-state index in [4.69, 9.17) is 21.1 Å². The fourth-order valence-electron chi connectivity index (χ4n) is 3.85. The zero-order chi connectivity index (χ0) is 21.0. The number of rotatable bonds is 8. The van der Waals surface area contributed by atoms with Crippen molar-refractivity contribution >= 4 is 34.3 Å². The van der Waals surface area contributed by atoms with E-state index in [-0.39, 0.29) is 6.10 Å². The van der Waals surface area contributed by atoms with Gasteiger partial charge in [0.2, 0.25) is 0 Å². The molecular formula is C23H23ClN4O2S. The Balaban J connectivity index is 1.36. The molecule has 31 heavy (non-hydrogen) atoms. The van der Waals surface area contributed by atoms with Crippen LogP contribution in [0.4, 0.5) is 0 Å². The third-order valence-corrected chi connectivity index (χ3v) is 6.61. The predicted octanol–water partition coefficient (Wildman–Crippen LogP) is 5.43. The Morgan fingerprint density at radius 1 is 1.16 bits per heavy atom. The first-order chi connectivity index (χ1) is 15.3. The molecule has 8 heteroatoms. The van der Waals surface area contributed by atoms with Gasteiger partial charge in [-0.05, 0) is 31.0 Å². The van der Waals surface area contributed by atoms with Crippen LogP contribution in [0.5, 0.6) is 5.75 Å². The second-order valence-corrected chi connectivity index (χ2v) is 8.90. The quantitative estimate of drug-likeness (QED) is 0.284. The van der Waals surface area contributed by atoms with Crippen LogP contribution < -0.4 is 4.74 Å². The van der Waals surface area contributed by atoms with Gasteiger partial charge in [-0.3, -0.25) is 4.57 Å². The second kappa shape index (κ2) is 9.34. The summed E-state index contributed by atoms with van der Waals surface area (Å²) in [5.41, 5.74) is 2.15. The van der Waals surface area contributed by atoms with Crippen LogP contribution in [0.1, 0.15) is 12.8 Å². The first-order valence-electron chi connectivity index (χ1n) is 10.4. The maximum absolute atomic E-state index is 6.17. The van der Waals surface area contributed by atoms with Crippen LogP contribution >= 0.6 is 23.4 Å². The van der Waals surface area contributed by atoms with Gasteiger partial charge in [-0.15, -0.1) is 10.2 Å². The molecule has 1 aliphatic rings. The number of thioether (sulfide) groups is 1. The van der Waals surface area contributed by atoms with Crippen molar-refractivity contribution in [3.05, 3.63) is 59.8 Å². The lowest BCUT2D eigenvalue weighted by Crippen LogP contribution is -2.17. The smallest absolute Gasteiger partial charge is 0.191 e. The normalized spacial score (nSPS) is 16.2. The lowest BCUT2D eigenvalue weighted by Gasteiger charge is -2.14. The summed E-state index contributed by atoms with van der Waals surface area (Å²) >= 11 is 7.81. The van der Waals surface area contributed by atoms with E-state index in [9.17, 15) is 0 Å². The van der Waals surface area contributed by atoms with E-state index in [0.29, 0.717) is 17.4 Å². The number of aromatic nitrogens is 4. The molecule has 2 aromatic carbocycles. The maximum Gasteiger partial charge on any atom is 0.191 e. The average molecular weight is 455 g/mol. The first kappa shape index (κ1) is 20.4. The number of fused-ring (bicyclic) bond motifs is 1. The molecule has 1 saturated heterocycles. The van der Waals surface area contributed by atoms with Crippen LogP contribution in [0.2, 0.25) is 5.02 Å². The minimum Gasteiger partial charge on any atom is -0.491 e. The van der Waals surface area contributed by atoms with Crippen LogP contribution in [0, 0.1) is 0 Å². The SMILES string of the molecule is Clc1ccccc1OCCSc1nnc(-c2c[nH]c3ccccc23)n1CC1CCCO1. The standard InChI is InChI=1S/C23H23ClN4O2S/c24-19-8-2-4-10-21(19)30-12-13-31-23-27-26-22(28(23)15-16-6-5-11-29-16)18-14-25-20-9-3-1-7-17(18)20/h1-4,7-10,14,16,25H,5-6,11-13,15H2. The molecule has 1 atom stereocenters. The summed E-state index contributed by atoms with van der Waals surface area (Å²) in [6, 6.07) is 15.8. The monoisotopic (exact) mass is 454 g/mol. The summed E-state index contributed by atoms with van der Waals surface area (Å²) in [5, 5.41) is 11.7. The van der Waals surface area contributed by atoms with E-state index in [0.717, 1.165) is 59.2 Å². The fourth-order valence-corrected chi connectivity index (χ4v) is 4.81.